The molecular formula is C13H13Cl3O3. The summed E-state index contributed by atoms with van der Waals surface area (Å²) in [4.78, 5) is 11.2. The van der Waals surface area contributed by atoms with Crippen molar-refractivity contribution < 1.29 is 15.0 Å². The highest BCUT2D eigenvalue weighted by molar-refractivity contribution is 6.39. The predicted molar refractivity (Wildman–Crippen MR) is 74.9 cm³/mol. The second kappa shape index (κ2) is 5.88. The van der Waals surface area contributed by atoms with E-state index in [1.807, 2.05) is 0 Å². The molecular weight excluding hydrogens is 310 g/mol. The van der Waals surface area contributed by atoms with Crippen LogP contribution in [0.25, 0.3) is 0 Å². The molecule has 0 aliphatic heterocycles. The van der Waals surface area contributed by atoms with E-state index < -0.39 is 18.0 Å². The van der Waals surface area contributed by atoms with Crippen LogP contribution in [0.5, 0.6) is 0 Å². The van der Waals surface area contributed by atoms with Gasteiger partial charge in [-0.25, -0.2) is 0 Å². The third-order valence-electron chi connectivity index (χ3n) is 3.63. The Morgan fingerprint density at radius 2 is 1.79 bits per heavy atom. The van der Waals surface area contributed by atoms with Crippen LogP contribution in [0.2, 0.25) is 15.1 Å². The van der Waals surface area contributed by atoms with E-state index in [-0.39, 0.29) is 16.0 Å². The quantitative estimate of drug-likeness (QED) is 0.877. The lowest BCUT2D eigenvalue weighted by Crippen LogP contribution is -2.24. The van der Waals surface area contributed by atoms with Crippen molar-refractivity contribution in [2.45, 2.75) is 25.4 Å². The molecule has 19 heavy (non-hydrogen) atoms. The fourth-order valence-electron chi connectivity index (χ4n) is 2.72. The summed E-state index contributed by atoms with van der Waals surface area (Å²) in [5, 5.41) is 20.5. The molecule has 1 aromatic carbocycles. The van der Waals surface area contributed by atoms with Gasteiger partial charge in [0.2, 0.25) is 0 Å². The molecule has 1 aliphatic carbocycles. The van der Waals surface area contributed by atoms with E-state index in [2.05, 4.69) is 0 Å². The largest absolute Gasteiger partial charge is 0.481 e. The first kappa shape index (κ1) is 14.9. The topological polar surface area (TPSA) is 57.5 Å². The number of hydrogen-bond acceptors (Lipinski definition) is 2. The molecule has 3 nitrogen and oxygen atoms in total. The molecule has 0 saturated heterocycles. The van der Waals surface area contributed by atoms with E-state index in [1.54, 1.807) is 0 Å². The Morgan fingerprint density at radius 3 is 2.32 bits per heavy atom. The number of aliphatic hydroxyl groups excluding tert-OH is 1. The monoisotopic (exact) mass is 322 g/mol. The van der Waals surface area contributed by atoms with Crippen molar-refractivity contribution >= 4 is 40.8 Å². The summed E-state index contributed by atoms with van der Waals surface area (Å²) in [5.41, 5.74) is 0.367. The molecule has 1 aliphatic rings. The number of benzene rings is 1. The lowest BCUT2D eigenvalue weighted by molar-refractivity contribution is -0.144. The number of rotatable bonds is 3. The zero-order valence-corrected chi connectivity index (χ0v) is 12.2. The number of halogens is 3. The standard InChI is InChI=1S/C13H13Cl3O3/c14-6-4-9(15)11(10(16)5-6)12(17)7-2-1-3-8(7)13(18)19/h4-5,7-8,12,17H,1-3H2,(H,18,19). The van der Waals surface area contributed by atoms with Crippen molar-refractivity contribution in [3.05, 3.63) is 32.8 Å². The van der Waals surface area contributed by atoms with E-state index in [0.29, 0.717) is 23.4 Å². The van der Waals surface area contributed by atoms with Gasteiger partial charge in [0.15, 0.2) is 0 Å². The minimum atomic E-state index is -0.985. The zero-order chi connectivity index (χ0) is 14.2. The maximum atomic E-state index is 11.2. The van der Waals surface area contributed by atoms with Crippen LogP contribution in [0, 0.1) is 11.8 Å². The van der Waals surface area contributed by atoms with Gasteiger partial charge in [-0.2, -0.15) is 0 Å². The fraction of sp³-hybridized carbons (Fsp3) is 0.462. The molecule has 1 fully saturated rings. The summed E-state index contributed by atoms with van der Waals surface area (Å²) in [7, 11) is 0. The van der Waals surface area contributed by atoms with Crippen molar-refractivity contribution in [1.29, 1.82) is 0 Å². The van der Waals surface area contributed by atoms with Crippen LogP contribution in [0.15, 0.2) is 12.1 Å². The van der Waals surface area contributed by atoms with E-state index >= 15 is 0 Å². The normalized spacial score (nSPS) is 24.4. The average Bonchev–Trinajstić information content (AvgIpc) is 2.75. The Morgan fingerprint density at radius 1 is 1.21 bits per heavy atom. The SMILES string of the molecule is O=C(O)C1CCCC1C(O)c1c(Cl)cc(Cl)cc1Cl. The number of aliphatic carboxylic acids is 1. The van der Waals surface area contributed by atoms with E-state index in [0.717, 1.165) is 6.42 Å². The smallest absolute Gasteiger partial charge is 0.306 e. The van der Waals surface area contributed by atoms with Crippen molar-refractivity contribution in [2.24, 2.45) is 11.8 Å². The van der Waals surface area contributed by atoms with Crippen molar-refractivity contribution in [3.63, 3.8) is 0 Å². The van der Waals surface area contributed by atoms with Gasteiger partial charge in [-0.1, -0.05) is 41.2 Å². The van der Waals surface area contributed by atoms with Crippen molar-refractivity contribution in [2.75, 3.05) is 0 Å². The predicted octanol–water partition coefficient (Wildman–Crippen LogP) is 4.18. The maximum Gasteiger partial charge on any atom is 0.306 e. The first-order valence-corrected chi connectivity index (χ1v) is 7.10. The molecule has 0 heterocycles. The van der Waals surface area contributed by atoms with Crippen LogP contribution in [0.1, 0.15) is 30.9 Å². The minimum Gasteiger partial charge on any atom is -0.481 e. The van der Waals surface area contributed by atoms with Gasteiger partial charge in [0.1, 0.15) is 0 Å². The second-order valence-corrected chi connectivity index (χ2v) is 6.02. The summed E-state index contributed by atoms with van der Waals surface area (Å²) in [6, 6.07) is 3.00. The summed E-state index contributed by atoms with van der Waals surface area (Å²) in [6.45, 7) is 0. The van der Waals surface area contributed by atoms with E-state index in [1.165, 1.54) is 12.1 Å². The minimum absolute atomic E-state index is 0.265. The van der Waals surface area contributed by atoms with Gasteiger partial charge in [0, 0.05) is 26.5 Å². The fourth-order valence-corrected chi connectivity index (χ4v) is 3.76. The number of carboxylic acids is 1. The Bertz CT molecular complexity index is 481. The van der Waals surface area contributed by atoms with Gasteiger partial charge in [-0.05, 0) is 25.0 Å². The van der Waals surface area contributed by atoms with Crippen LogP contribution in [0.4, 0.5) is 0 Å². The van der Waals surface area contributed by atoms with Gasteiger partial charge < -0.3 is 10.2 Å². The molecule has 2 N–H and O–H groups in total. The van der Waals surface area contributed by atoms with Crippen LogP contribution in [0.3, 0.4) is 0 Å². The first-order valence-electron chi connectivity index (χ1n) is 5.97. The lowest BCUT2D eigenvalue weighted by Gasteiger charge is -2.24. The maximum absolute atomic E-state index is 11.2. The molecule has 104 valence electrons. The van der Waals surface area contributed by atoms with E-state index in [4.69, 9.17) is 39.9 Å². The van der Waals surface area contributed by atoms with Crippen LogP contribution in [-0.4, -0.2) is 16.2 Å². The molecule has 1 aromatic rings. The first-order chi connectivity index (χ1) is 8.91. The van der Waals surface area contributed by atoms with Crippen molar-refractivity contribution in [3.8, 4) is 0 Å². The van der Waals surface area contributed by atoms with E-state index in [9.17, 15) is 9.90 Å². The highest BCUT2D eigenvalue weighted by Gasteiger charge is 2.39. The number of hydrogen-bond donors (Lipinski definition) is 2. The molecule has 0 bridgehead atoms. The number of aliphatic hydroxyl groups is 1. The molecule has 0 aromatic heterocycles. The lowest BCUT2D eigenvalue weighted by atomic mass is 9.87. The Labute approximate surface area is 126 Å². The van der Waals surface area contributed by atoms with Crippen LogP contribution >= 0.6 is 34.8 Å². The van der Waals surface area contributed by atoms with Crippen molar-refractivity contribution in [1.82, 2.24) is 0 Å². The number of carboxylic acid groups (broad SMARTS) is 1. The molecule has 1 saturated carbocycles. The summed E-state index contributed by atoms with van der Waals surface area (Å²) < 4.78 is 0. The highest BCUT2D eigenvalue weighted by Crippen LogP contribution is 2.44. The Kier molecular flexibility index (Phi) is 4.62. The van der Waals surface area contributed by atoms with Gasteiger partial charge in [-0.3, -0.25) is 4.79 Å². The van der Waals surface area contributed by atoms with Crippen LogP contribution < -0.4 is 0 Å². The second-order valence-electron chi connectivity index (χ2n) is 4.77. The zero-order valence-electron chi connectivity index (χ0n) is 9.94. The molecule has 3 unspecified atom stereocenters. The highest BCUT2D eigenvalue weighted by atomic mass is 35.5. The van der Waals surface area contributed by atoms with Gasteiger partial charge >= 0.3 is 5.97 Å². The average molecular weight is 324 g/mol. The third kappa shape index (κ3) is 3.00. The van der Waals surface area contributed by atoms with Gasteiger partial charge in [0.05, 0.1) is 12.0 Å². The summed E-state index contributed by atoms with van der Waals surface area (Å²) in [5.74, 6) is -1.81. The number of carbonyl (C=O) groups is 1. The molecule has 0 amide bonds. The van der Waals surface area contributed by atoms with Gasteiger partial charge in [-0.15, -0.1) is 0 Å². The molecule has 6 heteroatoms. The third-order valence-corrected chi connectivity index (χ3v) is 4.48. The van der Waals surface area contributed by atoms with Crippen LogP contribution in [-0.2, 0) is 4.79 Å². The molecule has 3 atom stereocenters. The summed E-state index contributed by atoms with van der Waals surface area (Å²) in [6.07, 6.45) is 1.01. The molecule has 0 radical (unpaired) electrons. The van der Waals surface area contributed by atoms with Gasteiger partial charge in [0.25, 0.3) is 0 Å². The summed E-state index contributed by atoms with van der Waals surface area (Å²) >= 11 is 17.9. The molecule has 0 spiro atoms. The Balaban J connectivity index is 2.34. The Hall–Kier alpha value is -0.480. The molecule has 2 rings (SSSR count).